The van der Waals surface area contributed by atoms with E-state index in [2.05, 4.69) is 25.5 Å². The summed E-state index contributed by atoms with van der Waals surface area (Å²) in [6.07, 6.45) is 1.68. The number of pyridine rings is 1. The number of aromatic amines is 1. The molecule has 3 rings (SSSR count). The summed E-state index contributed by atoms with van der Waals surface area (Å²) in [6.45, 7) is 0. The number of halogens is 2. The van der Waals surface area contributed by atoms with E-state index in [0.29, 0.717) is 32.4 Å². The first-order valence-electron chi connectivity index (χ1n) is 6.83. The molecule has 0 aliphatic carbocycles. The van der Waals surface area contributed by atoms with Crippen molar-refractivity contribution in [3.63, 3.8) is 0 Å². The number of hydrogen-bond donors (Lipinski definition) is 2. The maximum absolute atomic E-state index is 12.0. The van der Waals surface area contributed by atoms with Gasteiger partial charge in [0.05, 0.1) is 15.8 Å². The molecule has 0 aliphatic heterocycles. The molecule has 1 aromatic carbocycles. The molecule has 0 saturated carbocycles. The Hall–Kier alpha value is -2.09. The largest absolute Gasteiger partial charge is 0.325 e. The molecule has 0 saturated heterocycles. The van der Waals surface area contributed by atoms with E-state index in [9.17, 15) is 4.79 Å². The average Bonchev–Trinajstić information content (AvgIpc) is 3.06. The van der Waals surface area contributed by atoms with Crippen molar-refractivity contribution in [2.75, 3.05) is 11.1 Å². The molecular formula is C15H11Cl2N5OS. The Balaban J connectivity index is 1.56. The molecule has 0 radical (unpaired) electrons. The number of thioether (sulfide) groups is 1. The van der Waals surface area contributed by atoms with Gasteiger partial charge in [-0.25, -0.2) is 0 Å². The topological polar surface area (TPSA) is 83.6 Å². The maximum atomic E-state index is 12.0. The highest BCUT2D eigenvalue weighted by Crippen LogP contribution is 2.25. The fourth-order valence-corrected chi connectivity index (χ4v) is 2.73. The van der Waals surface area contributed by atoms with Crippen molar-refractivity contribution in [3.8, 4) is 11.5 Å². The van der Waals surface area contributed by atoms with E-state index in [1.54, 1.807) is 24.4 Å². The Kier molecular flexibility index (Phi) is 5.34. The lowest BCUT2D eigenvalue weighted by molar-refractivity contribution is -0.113. The Morgan fingerprint density at radius 3 is 2.83 bits per heavy atom. The van der Waals surface area contributed by atoms with Crippen molar-refractivity contribution < 1.29 is 4.79 Å². The van der Waals surface area contributed by atoms with Crippen LogP contribution in [-0.2, 0) is 4.79 Å². The van der Waals surface area contributed by atoms with Crippen molar-refractivity contribution in [2.45, 2.75) is 5.16 Å². The number of amides is 1. The van der Waals surface area contributed by atoms with Crippen molar-refractivity contribution in [2.24, 2.45) is 0 Å². The minimum absolute atomic E-state index is 0.166. The lowest BCUT2D eigenvalue weighted by Crippen LogP contribution is -2.14. The summed E-state index contributed by atoms with van der Waals surface area (Å²) in [5.41, 5.74) is 1.27. The molecule has 0 fully saturated rings. The number of rotatable bonds is 5. The van der Waals surface area contributed by atoms with Crippen molar-refractivity contribution >= 4 is 46.6 Å². The zero-order valence-electron chi connectivity index (χ0n) is 12.2. The Morgan fingerprint density at radius 1 is 1.21 bits per heavy atom. The van der Waals surface area contributed by atoms with Crippen LogP contribution in [-0.4, -0.2) is 31.8 Å². The fraction of sp³-hybridized carbons (Fsp3) is 0.0667. The second kappa shape index (κ2) is 7.65. The van der Waals surface area contributed by atoms with Crippen LogP contribution in [0.1, 0.15) is 0 Å². The molecule has 0 bridgehead atoms. The molecular weight excluding hydrogens is 369 g/mol. The van der Waals surface area contributed by atoms with Crippen molar-refractivity contribution in [1.82, 2.24) is 20.2 Å². The summed E-state index contributed by atoms with van der Waals surface area (Å²) in [7, 11) is 0. The summed E-state index contributed by atoms with van der Waals surface area (Å²) in [4.78, 5) is 20.5. The second-order valence-corrected chi connectivity index (χ2v) is 6.40. The standard InChI is InChI=1S/C15H11Cl2N5OS/c16-10-5-4-9(7-11(10)17)19-13(23)8-24-15-20-14(21-22-15)12-3-1-2-6-18-12/h1-7H,8H2,(H,19,23)(H,20,21,22). The first-order valence-corrected chi connectivity index (χ1v) is 8.57. The molecule has 0 unspecified atom stereocenters. The third kappa shape index (κ3) is 4.25. The molecule has 2 N–H and O–H groups in total. The maximum Gasteiger partial charge on any atom is 0.234 e. The molecule has 2 aromatic heterocycles. The lowest BCUT2D eigenvalue weighted by Gasteiger charge is -2.05. The quantitative estimate of drug-likeness (QED) is 0.656. The van der Waals surface area contributed by atoms with E-state index >= 15 is 0 Å². The highest BCUT2D eigenvalue weighted by Gasteiger charge is 2.10. The van der Waals surface area contributed by atoms with Crippen LogP contribution in [0, 0.1) is 0 Å². The Bertz CT molecular complexity index is 856. The first-order chi connectivity index (χ1) is 11.6. The third-order valence-electron chi connectivity index (χ3n) is 2.91. The van der Waals surface area contributed by atoms with Gasteiger partial charge in [0.25, 0.3) is 0 Å². The number of nitrogens with one attached hydrogen (secondary N) is 2. The van der Waals surface area contributed by atoms with Gasteiger partial charge in [0.2, 0.25) is 11.1 Å². The van der Waals surface area contributed by atoms with E-state index in [4.69, 9.17) is 23.2 Å². The van der Waals surface area contributed by atoms with Crippen molar-refractivity contribution in [3.05, 3.63) is 52.6 Å². The molecule has 0 aliphatic rings. The highest BCUT2D eigenvalue weighted by molar-refractivity contribution is 7.99. The van der Waals surface area contributed by atoms with E-state index < -0.39 is 0 Å². The van der Waals surface area contributed by atoms with E-state index in [0.717, 1.165) is 0 Å². The predicted octanol–water partition coefficient (Wildman–Crippen LogP) is 3.90. The van der Waals surface area contributed by atoms with Gasteiger partial charge >= 0.3 is 0 Å². The number of benzene rings is 1. The number of carbonyl (C=O) groups excluding carboxylic acids is 1. The minimum Gasteiger partial charge on any atom is -0.325 e. The van der Waals surface area contributed by atoms with Gasteiger partial charge in [0.1, 0.15) is 5.69 Å². The summed E-state index contributed by atoms with van der Waals surface area (Å²) in [6, 6.07) is 10.4. The molecule has 24 heavy (non-hydrogen) atoms. The van der Waals surface area contributed by atoms with Gasteiger partial charge in [0, 0.05) is 11.9 Å². The van der Waals surface area contributed by atoms with Gasteiger partial charge in [-0.2, -0.15) is 4.98 Å². The first kappa shape index (κ1) is 16.8. The van der Waals surface area contributed by atoms with Gasteiger partial charge in [0.15, 0.2) is 5.82 Å². The molecule has 0 spiro atoms. The summed E-state index contributed by atoms with van der Waals surface area (Å²) in [5, 5.41) is 10.9. The van der Waals surface area contributed by atoms with Gasteiger partial charge < -0.3 is 5.32 Å². The highest BCUT2D eigenvalue weighted by atomic mass is 35.5. The average molecular weight is 380 g/mol. The predicted molar refractivity (Wildman–Crippen MR) is 95.4 cm³/mol. The molecule has 6 nitrogen and oxygen atoms in total. The molecule has 122 valence electrons. The number of aromatic nitrogens is 4. The van der Waals surface area contributed by atoms with Gasteiger partial charge in [-0.05, 0) is 30.3 Å². The van der Waals surface area contributed by atoms with Gasteiger partial charge in [-0.15, -0.1) is 5.10 Å². The summed E-state index contributed by atoms with van der Waals surface area (Å²) < 4.78 is 0. The van der Waals surface area contributed by atoms with Crippen molar-refractivity contribution in [1.29, 1.82) is 0 Å². The monoisotopic (exact) mass is 379 g/mol. The Labute approximate surface area is 152 Å². The molecule has 0 atom stereocenters. The number of anilines is 1. The Morgan fingerprint density at radius 2 is 2.08 bits per heavy atom. The smallest absolute Gasteiger partial charge is 0.234 e. The molecule has 9 heteroatoms. The van der Waals surface area contributed by atoms with E-state index in [-0.39, 0.29) is 11.7 Å². The van der Waals surface area contributed by atoms with Crippen LogP contribution in [0.3, 0.4) is 0 Å². The summed E-state index contributed by atoms with van der Waals surface area (Å²) >= 11 is 13.0. The number of hydrogen-bond acceptors (Lipinski definition) is 5. The van der Waals surface area contributed by atoms with Crippen LogP contribution in [0.25, 0.3) is 11.5 Å². The number of carbonyl (C=O) groups is 1. The van der Waals surface area contributed by atoms with Crippen LogP contribution < -0.4 is 5.32 Å². The SMILES string of the molecule is O=C(CSc1n[nH]c(-c2ccccn2)n1)Nc1ccc(Cl)c(Cl)c1. The zero-order valence-corrected chi connectivity index (χ0v) is 14.5. The third-order valence-corrected chi connectivity index (χ3v) is 4.49. The second-order valence-electron chi connectivity index (χ2n) is 4.65. The van der Waals surface area contributed by atoms with Crippen LogP contribution in [0.4, 0.5) is 5.69 Å². The molecule has 1 amide bonds. The van der Waals surface area contributed by atoms with Crippen LogP contribution in [0.15, 0.2) is 47.8 Å². The summed E-state index contributed by atoms with van der Waals surface area (Å²) in [5.74, 6) is 0.533. The fourth-order valence-electron chi connectivity index (χ4n) is 1.83. The zero-order chi connectivity index (χ0) is 16.9. The van der Waals surface area contributed by atoms with Gasteiger partial charge in [-0.3, -0.25) is 14.9 Å². The number of nitrogens with zero attached hydrogens (tertiary/aromatic N) is 3. The van der Waals surface area contributed by atoms with Gasteiger partial charge in [-0.1, -0.05) is 41.0 Å². The van der Waals surface area contributed by atoms with Crippen LogP contribution in [0.2, 0.25) is 10.0 Å². The normalized spacial score (nSPS) is 10.6. The molecule has 3 aromatic rings. The lowest BCUT2D eigenvalue weighted by atomic mass is 10.3. The minimum atomic E-state index is -0.192. The van der Waals surface area contributed by atoms with E-state index in [1.807, 2.05) is 18.2 Å². The van der Waals surface area contributed by atoms with Crippen LogP contribution >= 0.6 is 35.0 Å². The number of H-pyrrole nitrogens is 1. The van der Waals surface area contributed by atoms with Crippen LogP contribution in [0.5, 0.6) is 0 Å². The van der Waals surface area contributed by atoms with E-state index in [1.165, 1.54) is 11.8 Å². The molecule has 2 heterocycles.